The van der Waals surface area contributed by atoms with Crippen molar-refractivity contribution in [1.82, 2.24) is 10.2 Å². The zero-order valence-electron chi connectivity index (χ0n) is 14.2. The fourth-order valence-corrected chi connectivity index (χ4v) is 3.20. The highest BCUT2D eigenvalue weighted by Crippen LogP contribution is 2.27. The Kier molecular flexibility index (Phi) is 5.49. The average molecular weight is 323 g/mol. The van der Waals surface area contributed by atoms with Crippen molar-refractivity contribution in [2.45, 2.75) is 25.8 Å². The van der Waals surface area contributed by atoms with E-state index in [-0.39, 0.29) is 12.1 Å². The second-order valence-electron chi connectivity index (χ2n) is 6.22. The number of benzene rings is 2. The molecule has 1 saturated heterocycles. The quantitative estimate of drug-likeness (QED) is 0.894. The van der Waals surface area contributed by atoms with E-state index >= 15 is 0 Å². The molecule has 0 aliphatic carbocycles. The van der Waals surface area contributed by atoms with Crippen molar-refractivity contribution in [2.75, 3.05) is 25.0 Å². The van der Waals surface area contributed by atoms with Crippen molar-refractivity contribution in [2.24, 2.45) is 0 Å². The first kappa shape index (κ1) is 16.5. The lowest BCUT2D eigenvalue weighted by Gasteiger charge is -2.31. The summed E-state index contributed by atoms with van der Waals surface area (Å²) in [6.45, 7) is 5.38. The summed E-state index contributed by atoms with van der Waals surface area (Å²) in [5.74, 6) is 0. The molecule has 0 radical (unpaired) electrons. The first-order valence-electron chi connectivity index (χ1n) is 8.70. The van der Waals surface area contributed by atoms with E-state index in [9.17, 15) is 4.79 Å². The van der Waals surface area contributed by atoms with Crippen molar-refractivity contribution >= 4 is 11.7 Å². The van der Waals surface area contributed by atoms with Crippen LogP contribution in [0.4, 0.5) is 10.5 Å². The summed E-state index contributed by atoms with van der Waals surface area (Å²) in [4.78, 5) is 14.8. The molecule has 4 nitrogen and oxygen atoms in total. The largest absolute Gasteiger partial charge is 0.335 e. The lowest BCUT2D eigenvalue weighted by Crippen LogP contribution is -2.45. The zero-order chi connectivity index (χ0) is 16.8. The lowest BCUT2D eigenvalue weighted by molar-refractivity contribution is 0.203. The first-order chi connectivity index (χ1) is 11.8. The number of hydrogen-bond acceptors (Lipinski definition) is 2. The predicted molar refractivity (Wildman–Crippen MR) is 99.2 cm³/mol. The molecule has 0 aromatic heterocycles. The third-order valence-corrected chi connectivity index (χ3v) is 4.63. The van der Waals surface area contributed by atoms with Gasteiger partial charge in [0.15, 0.2) is 0 Å². The molecule has 0 atom stereocenters. The van der Waals surface area contributed by atoms with Crippen LogP contribution >= 0.6 is 0 Å². The molecule has 1 heterocycles. The second-order valence-corrected chi connectivity index (χ2v) is 6.22. The molecule has 3 rings (SSSR count). The fraction of sp³-hybridized carbons (Fsp3) is 0.350. The van der Waals surface area contributed by atoms with Crippen LogP contribution in [0.25, 0.3) is 11.1 Å². The number of nitrogens with zero attached hydrogens (tertiary/aromatic N) is 1. The maximum atomic E-state index is 12.4. The Morgan fingerprint density at radius 1 is 1.04 bits per heavy atom. The van der Waals surface area contributed by atoms with Crippen molar-refractivity contribution in [1.29, 1.82) is 0 Å². The summed E-state index contributed by atoms with van der Waals surface area (Å²) < 4.78 is 0. The minimum Gasteiger partial charge on any atom is -0.335 e. The van der Waals surface area contributed by atoms with E-state index in [1.54, 1.807) is 0 Å². The van der Waals surface area contributed by atoms with Crippen molar-refractivity contribution in [3.8, 4) is 11.1 Å². The summed E-state index contributed by atoms with van der Waals surface area (Å²) in [6, 6.07) is 18.2. The third-order valence-electron chi connectivity index (χ3n) is 4.63. The van der Waals surface area contributed by atoms with E-state index in [0.717, 1.165) is 49.3 Å². The molecular formula is C20H25N3O. The van der Waals surface area contributed by atoms with Gasteiger partial charge in [-0.15, -0.1) is 0 Å². The number of amides is 2. The molecule has 2 amide bonds. The summed E-state index contributed by atoms with van der Waals surface area (Å²) in [7, 11) is 0. The third kappa shape index (κ3) is 4.15. The molecule has 1 aliphatic heterocycles. The van der Waals surface area contributed by atoms with E-state index in [2.05, 4.69) is 34.6 Å². The smallest absolute Gasteiger partial charge is 0.319 e. The predicted octanol–water partition coefficient (Wildman–Crippen LogP) is 3.96. The first-order valence-corrected chi connectivity index (χ1v) is 8.70. The SMILES string of the molecule is CCN1CCC(NC(=O)Nc2ccccc2-c2ccccc2)CC1. The maximum absolute atomic E-state index is 12.4. The molecule has 2 N–H and O–H groups in total. The number of carbonyl (C=O) groups excluding carboxylic acids is 1. The molecule has 0 saturated carbocycles. The van der Waals surface area contributed by atoms with Crippen LogP contribution < -0.4 is 10.6 Å². The van der Waals surface area contributed by atoms with Crippen LogP contribution in [0.1, 0.15) is 19.8 Å². The summed E-state index contributed by atoms with van der Waals surface area (Å²) in [6.07, 6.45) is 2.03. The standard InChI is InChI=1S/C20H25N3O/c1-2-23-14-12-17(13-15-23)21-20(24)22-19-11-7-6-10-18(19)16-8-4-3-5-9-16/h3-11,17H,2,12-15H2,1H3,(H2,21,22,24). The molecule has 126 valence electrons. The number of likely N-dealkylation sites (tertiary alicyclic amines) is 1. The van der Waals surface area contributed by atoms with Gasteiger partial charge in [-0.1, -0.05) is 55.5 Å². The Morgan fingerprint density at radius 2 is 1.71 bits per heavy atom. The normalized spacial score (nSPS) is 15.9. The van der Waals surface area contributed by atoms with Crippen LogP contribution in [0.2, 0.25) is 0 Å². The van der Waals surface area contributed by atoms with Gasteiger partial charge in [0.25, 0.3) is 0 Å². The number of rotatable bonds is 4. The summed E-state index contributed by atoms with van der Waals surface area (Å²) >= 11 is 0. The Labute approximate surface area is 143 Å². The van der Waals surface area contributed by atoms with Crippen LogP contribution in [-0.2, 0) is 0 Å². The minimum absolute atomic E-state index is 0.117. The zero-order valence-corrected chi connectivity index (χ0v) is 14.2. The Hall–Kier alpha value is -2.33. The summed E-state index contributed by atoms with van der Waals surface area (Å²) in [5.41, 5.74) is 2.98. The minimum atomic E-state index is -0.117. The number of piperidine rings is 1. The number of carbonyl (C=O) groups is 1. The molecule has 1 aliphatic rings. The van der Waals surface area contributed by atoms with E-state index in [0.29, 0.717) is 0 Å². The molecular weight excluding hydrogens is 298 g/mol. The van der Waals surface area contributed by atoms with Crippen molar-refractivity contribution in [3.63, 3.8) is 0 Å². The topological polar surface area (TPSA) is 44.4 Å². The molecule has 2 aromatic rings. The van der Waals surface area contributed by atoms with E-state index in [1.165, 1.54) is 0 Å². The van der Waals surface area contributed by atoms with E-state index in [4.69, 9.17) is 0 Å². The van der Waals surface area contributed by atoms with Crippen molar-refractivity contribution in [3.05, 3.63) is 54.6 Å². The van der Waals surface area contributed by atoms with Crippen molar-refractivity contribution < 1.29 is 4.79 Å². The Bertz CT molecular complexity index is 664. The van der Waals surface area contributed by atoms with E-state index in [1.807, 2.05) is 42.5 Å². The van der Waals surface area contributed by atoms with Gasteiger partial charge < -0.3 is 15.5 Å². The number of anilines is 1. The Balaban J connectivity index is 1.63. The maximum Gasteiger partial charge on any atom is 0.319 e. The fourth-order valence-electron chi connectivity index (χ4n) is 3.20. The van der Waals surface area contributed by atoms with Gasteiger partial charge in [0.2, 0.25) is 0 Å². The van der Waals surface area contributed by atoms with Crippen LogP contribution in [0.3, 0.4) is 0 Å². The number of para-hydroxylation sites is 1. The number of nitrogens with one attached hydrogen (secondary N) is 2. The van der Waals surface area contributed by atoms with Gasteiger partial charge in [0.05, 0.1) is 5.69 Å². The Morgan fingerprint density at radius 3 is 2.42 bits per heavy atom. The second kappa shape index (κ2) is 7.97. The van der Waals surface area contributed by atoms with Gasteiger partial charge in [-0.3, -0.25) is 0 Å². The highest BCUT2D eigenvalue weighted by Gasteiger charge is 2.19. The lowest BCUT2D eigenvalue weighted by atomic mass is 10.0. The monoisotopic (exact) mass is 323 g/mol. The van der Waals surface area contributed by atoms with Gasteiger partial charge >= 0.3 is 6.03 Å². The highest BCUT2D eigenvalue weighted by molar-refractivity contribution is 5.94. The van der Waals surface area contributed by atoms with Gasteiger partial charge in [0, 0.05) is 24.7 Å². The van der Waals surface area contributed by atoms with Gasteiger partial charge in [0.1, 0.15) is 0 Å². The molecule has 1 fully saturated rings. The number of urea groups is 1. The van der Waals surface area contributed by atoms with Crippen LogP contribution in [0.5, 0.6) is 0 Å². The van der Waals surface area contributed by atoms with Gasteiger partial charge in [-0.2, -0.15) is 0 Å². The molecule has 0 unspecified atom stereocenters. The molecule has 4 heteroatoms. The van der Waals surface area contributed by atoms with Gasteiger partial charge in [-0.25, -0.2) is 4.79 Å². The molecule has 0 bridgehead atoms. The molecule has 24 heavy (non-hydrogen) atoms. The number of hydrogen-bond donors (Lipinski definition) is 2. The van der Waals surface area contributed by atoms with Crippen LogP contribution in [0.15, 0.2) is 54.6 Å². The highest BCUT2D eigenvalue weighted by atomic mass is 16.2. The molecule has 0 spiro atoms. The molecule has 2 aromatic carbocycles. The summed E-state index contributed by atoms with van der Waals surface area (Å²) in [5, 5.41) is 6.13. The average Bonchev–Trinajstić information content (AvgIpc) is 2.63. The van der Waals surface area contributed by atoms with Gasteiger partial charge in [-0.05, 0) is 31.0 Å². The van der Waals surface area contributed by atoms with Crippen LogP contribution in [-0.4, -0.2) is 36.6 Å². The van der Waals surface area contributed by atoms with E-state index < -0.39 is 0 Å². The van der Waals surface area contributed by atoms with Crippen LogP contribution in [0, 0.1) is 0 Å².